The summed E-state index contributed by atoms with van der Waals surface area (Å²) in [5.74, 6) is 2.26. The number of aromatic amines is 1. The second-order valence-electron chi connectivity index (χ2n) is 22.5. The molecular formula is C71H85Br4FN18O4S10. The molecule has 0 spiro atoms. The average Bonchev–Trinajstić information content (AvgIpc) is 1.67. The fourth-order valence-corrected chi connectivity index (χ4v) is 19.9. The van der Waals surface area contributed by atoms with Crippen molar-refractivity contribution in [2.24, 2.45) is 5.14 Å². The molecule has 37 heteroatoms. The van der Waals surface area contributed by atoms with Crippen LogP contribution >= 0.6 is 144 Å². The largest absolute Gasteiger partial charge is 0.317 e. The third-order valence-electron chi connectivity index (χ3n) is 15.0. The van der Waals surface area contributed by atoms with Gasteiger partial charge in [-0.05, 0) is 64.1 Å². The molecule has 2 unspecified atom stereocenters. The molecule has 578 valence electrons. The molecule has 2 aliphatic heterocycles. The molecule has 15 aromatic rings. The van der Waals surface area contributed by atoms with Crippen LogP contribution in [0.3, 0.4) is 0 Å². The van der Waals surface area contributed by atoms with Gasteiger partial charge >= 0.3 is 0 Å². The number of sulfonamides is 1. The Kier molecular flexibility index (Phi) is 37.7. The van der Waals surface area contributed by atoms with E-state index in [1.807, 2.05) is 173 Å². The van der Waals surface area contributed by atoms with E-state index in [1.54, 1.807) is 38.3 Å². The lowest BCUT2D eigenvalue weighted by Crippen LogP contribution is -2.33. The first-order valence-corrected chi connectivity index (χ1v) is 46.8. The lowest BCUT2D eigenvalue weighted by molar-refractivity contribution is 0.241. The summed E-state index contributed by atoms with van der Waals surface area (Å²) in [6.07, 6.45) is 17.5. The molecular weight excluding hydrogens is 1830 g/mol. The number of piperidine rings is 2. The van der Waals surface area contributed by atoms with Crippen molar-refractivity contribution in [2.45, 2.75) is 78.2 Å². The molecule has 5 aromatic carbocycles. The van der Waals surface area contributed by atoms with Gasteiger partial charge in [0.1, 0.15) is 0 Å². The zero-order valence-electron chi connectivity index (χ0n) is 56.0. The zero-order valence-corrected chi connectivity index (χ0v) is 70.5. The molecule has 22 nitrogen and oxygen atoms in total. The molecule has 0 radical (unpaired) electrons. The Morgan fingerprint density at radius 3 is 1.20 bits per heavy atom. The van der Waals surface area contributed by atoms with Gasteiger partial charge in [-0.3, -0.25) is 18.2 Å². The molecule has 0 amide bonds. The van der Waals surface area contributed by atoms with Crippen LogP contribution in [0.25, 0.3) is 81.1 Å². The van der Waals surface area contributed by atoms with Gasteiger partial charge in [0.25, 0.3) is 10.0 Å². The van der Waals surface area contributed by atoms with E-state index in [1.165, 1.54) is 90.1 Å². The number of H-pyrrole nitrogens is 1. The molecule has 2 aliphatic rings. The van der Waals surface area contributed by atoms with E-state index in [2.05, 4.69) is 136 Å². The van der Waals surface area contributed by atoms with Gasteiger partial charge in [-0.1, -0.05) is 319 Å². The Hall–Kier alpha value is -5.85. The molecule has 17 rings (SSSR count). The van der Waals surface area contributed by atoms with Crippen molar-refractivity contribution >= 4 is 201 Å². The molecule has 2 saturated heterocycles. The molecule has 4 N–H and O–H groups in total. The first kappa shape index (κ1) is 89.4. The number of aromatic nitrogens is 15. The number of nitrogens with zero attached hydrogens (tertiary/aromatic N) is 15. The maximum atomic E-state index is 12.5. The SMILES string of the molecule is BrCCBr.BrCCSc1nn2cc(-c3ccccc3)nc2s1.C.C.C.C1CCNCC1.F.NS(=O)(=O)c1nn2cc(-c3ccccc3)nc2s1.O=S(CCBr)c1nn2cc(-c3ccccc3)nc2s1.O=S(CCN1CCCCC1)c1nn2cc(-c3ccccc3)nc2s1.S=c1[nH]n2cc(-c3ccccc3)nc2s1.[2HH]. The number of imidazole rings is 5. The fourth-order valence-electron chi connectivity index (χ4n) is 10.1. The van der Waals surface area contributed by atoms with Crippen LogP contribution in [0.2, 0.25) is 0 Å². The smallest absolute Gasteiger partial charge is 0.267 e. The van der Waals surface area contributed by atoms with E-state index < -0.39 is 31.6 Å². The lowest BCUT2D eigenvalue weighted by Gasteiger charge is -2.25. The molecule has 2 atom stereocenters. The van der Waals surface area contributed by atoms with Crippen LogP contribution < -0.4 is 10.5 Å². The van der Waals surface area contributed by atoms with E-state index in [-0.39, 0.29) is 32.8 Å². The van der Waals surface area contributed by atoms with Crippen molar-refractivity contribution in [3.8, 4) is 56.3 Å². The monoisotopic (exact) mass is 1910 g/mol. The topological polar surface area (TPSA) is 263 Å². The average molecular weight is 1910 g/mol. The summed E-state index contributed by atoms with van der Waals surface area (Å²) in [5, 5.41) is 32.3. The summed E-state index contributed by atoms with van der Waals surface area (Å²) < 4.78 is 58.2. The number of hydrogen-bond acceptors (Lipinski definition) is 22. The molecule has 0 aliphatic carbocycles. The third kappa shape index (κ3) is 25.9. The number of fused-ring (bicyclic) bond motifs is 5. The highest BCUT2D eigenvalue weighted by atomic mass is 79.9. The highest BCUT2D eigenvalue weighted by Gasteiger charge is 2.20. The minimum absolute atomic E-state index is 0. The van der Waals surface area contributed by atoms with Gasteiger partial charge in [0.15, 0.2) is 8.29 Å². The number of thioether (sulfide) groups is 1. The predicted molar refractivity (Wildman–Crippen MR) is 471 cm³/mol. The molecule has 2 fully saturated rings. The molecule has 0 bridgehead atoms. The van der Waals surface area contributed by atoms with Crippen LogP contribution in [0.4, 0.5) is 4.70 Å². The van der Waals surface area contributed by atoms with Gasteiger partial charge in [0.2, 0.25) is 37.8 Å². The Balaban J connectivity index is 0.000000205. The summed E-state index contributed by atoms with van der Waals surface area (Å²) in [5.41, 5.74) is 9.81. The Labute approximate surface area is 697 Å². The molecule has 108 heavy (non-hydrogen) atoms. The number of nitrogens with two attached hydrogens (primary N) is 1. The van der Waals surface area contributed by atoms with E-state index in [9.17, 15) is 16.8 Å². The Morgan fingerprint density at radius 1 is 0.472 bits per heavy atom. The first-order valence-electron chi connectivity index (χ1n) is 32.6. The first-order chi connectivity index (χ1) is 50.7. The quantitative estimate of drug-likeness (QED) is 0.0434. The van der Waals surface area contributed by atoms with Crippen LogP contribution in [-0.4, -0.2) is 166 Å². The van der Waals surface area contributed by atoms with Gasteiger partial charge < -0.3 is 10.2 Å². The predicted octanol–water partition coefficient (Wildman–Crippen LogP) is 19.0. The standard InChI is InChI=1S/C17H20N4OS2.C12H10BrN3OS2.C12H10BrN3S2.C10H8N4O2S2.C10H7N3S2.C5H11N.C2H4Br2.3CH4.FH.H2/c22-24(12-11-20-9-5-2-6-10-20)17-19-21-13-15(18-16(21)23-17)14-7-3-1-4-8-14;13-6-7-19(17)12-15-16-8-10(14-11(16)18-12)9-4-2-1-3-5-9;13-6-7-17-12-15-16-8-10(14-11(16)18-12)9-4-2-1-3-5-9;11-18(15,16)10-13-14-6-8(12-9(14)17-10)7-4-2-1-3-5-7;14-10-12-13-6-8(11-9(13)15-10)7-4-2-1-3-5-7;1-2-4-6-5-3-1;3-1-2-4;;;;;/h1,3-4,7-8,13H,2,5-6,9-12H2;1-5,8H,6-7H2;1-5,8H,6-7H2;1-6H,(H2,11,15,16);1-6H,(H,12,14);6H,1-5H2;1-2H2;3*1H4;2*1H/i;;;;;;;;;;;1+1. The van der Waals surface area contributed by atoms with Gasteiger partial charge in [-0.15, -0.1) is 20.4 Å². The number of alkyl halides is 4. The number of likely N-dealkylation sites (tertiary alicyclic amines) is 1. The van der Waals surface area contributed by atoms with E-state index in [4.69, 9.17) is 17.4 Å². The molecule has 0 saturated carbocycles. The molecule has 10 aromatic heterocycles. The highest BCUT2D eigenvalue weighted by molar-refractivity contribution is 9.12. The number of rotatable bonds is 17. The summed E-state index contributed by atoms with van der Waals surface area (Å²) in [6, 6.07) is 49.8. The Bertz CT molecular complexity index is 5170. The molecule has 12 heterocycles. The Morgan fingerprint density at radius 2 is 0.852 bits per heavy atom. The number of halogens is 5. The van der Waals surface area contributed by atoms with Gasteiger partial charge in [0.05, 0.1) is 81.1 Å². The second-order valence-corrected chi connectivity index (χ2v) is 37.7. The summed E-state index contributed by atoms with van der Waals surface area (Å²) in [4.78, 5) is 28.9. The summed E-state index contributed by atoms with van der Waals surface area (Å²) in [6.45, 7) is 5.67. The van der Waals surface area contributed by atoms with E-state index in [0.717, 1.165) is 137 Å². The summed E-state index contributed by atoms with van der Waals surface area (Å²) >= 11 is 26.8. The van der Waals surface area contributed by atoms with Crippen molar-refractivity contribution in [3.05, 3.63) is 187 Å². The van der Waals surface area contributed by atoms with Gasteiger partial charge in [-0.25, -0.2) is 61.1 Å². The zero-order chi connectivity index (χ0) is 72.6. The van der Waals surface area contributed by atoms with Crippen molar-refractivity contribution < 1.29 is 23.0 Å². The number of hydrogen-bond donors (Lipinski definition) is 3. The number of primary sulfonamides is 1. The van der Waals surface area contributed by atoms with Crippen molar-refractivity contribution in [2.75, 3.05) is 71.3 Å². The third-order valence-corrected chi connectivity index (χ3v) is 29.2. The maximum Gasteiger partial charge on any atom is 0.267 e. The normalized spacial score (nSPS) is 13.1. The van der Waals surface area contributed by atoms with E-state index in [0.29, 0.717) is 30.5 Å². The van der Waals surface area contributed by atoms with Crippen LogP contribution in [0, 0.1) is 3.95 Å². The lowest BCUT2D eigenvalue weighted by atomic mass is 10.1. The minimum atomic E-state index is -3.77. The van der Waals surface area contributed by atoms with Crippen molar-refractivity contribution in [3.63, 3.8) is 0 Å². The van der Waals surface area contributed by atoms with Gasteiger partial charge in [-0.2, -0.15) is 0 Å². The number of nitrogens with one attached hydrogen (secondary N) is 2. The number of benzene rings is 5. The fraction of sp³-hybridized carbons (Fsp3) is 0.296. The highest BCUT2D eigenvalue weighted by Crippen LogP contribution is 2.30. The van der Waals surface area contributed by atoms with Gasteiger partial charge in [0, 0.05) is 74.4 Å². The van der Waals surface area contributed by atoms with Crippen LogP contribution in [-0.2, 0) is 31.6 Å². The van der Waals surface area contributed by atoms with Crippen LogP contribution in [0.15, 0.2) is 200 Å². The minimum Gasteiger partial charge on any atom is -0.317 e. The second kappa shape index (κ2) is 45.6. The summed E-state index contributed by atoms with van der Waals surface area (Å²) in [7, 11) is -5.85. The van der Waals surface area contributed by atoms with Crippen LogP contribution in [0.1, 0.15) is 62.2 Å². The van der Waals surface area contributed by atoms with Crippen LogP contribution in [0.5, 0.6) is 0 Å². The maximum absolute atomic E-state index is 12.5. The van der Waals surface area contributed by atoms with E-state index >= 15 is 0 Å². The van der Waals surface area contributed by atoms with Crippen molar-refractivity contribution in [1.29, 1.82) is 0 Å². The van der Waals surface area contributed by atoms with Crippen molar-refractivity contribution in [1.82, 2.24) is 83.2 Å².